The number of carbonyl (C=O) groups is 1. The molecule has 1 spiro atoms. The van der Waals surface area contributed by atoms with Gasteiger partial charge < -0.3 is 9.64 Å². The van der Waals surface area contributed by atoms with E-state index in [0.717, 1.165) is 45.1 Å². The first kappa shape index (κ1) is 16.8. The molecule has 24 heavy (non-hydrogen) atoms. The normalized spacial score (nSPS) is 47.5. The van der Waals surface area contributed by atoms with Gasteiger partial charge in [0.05, 0.1) is 0 Å². The van der Waals surface area contributed by atoms with Crippen molar-refractivity contribution in [2.24, 2.45) is 17.8 Å². The van der Waals surface area contributed by atoms with E-state index in [1.54, 1.807) is 0 Å². The lowest BCUT2D eigenvalue weighted by molar-refractivity contribution is -0.546. The second kappa shape index (κ2) is 5.96. The molecule has 5 heteroatoms. The molecule has 4 saturated heterocycles. The van der Waals surface area contributed by atoms with Crippen molar-refractivity contribution < 1.29 is 19.3 Å². The van der Waals surface area contributed by atoms with Crippen LogP contribution in [-0.2, 0) is 19.3 Å². The van der Waals surface area contributed by atoms with E-state index in [4.69, 9.17) is 14.5 Å². The second-order valence-electron chi connectivity index (χ2n) is 8.52. The van der Waals surface area contributed by atoms with Gasteiger partial charge in [-0.1, -0.05) is 26.7 Å². The Kier molecular flexibility index (Phi) is 4.17. The molecule has 5 aliphatic rings. The first-order valence-electron chi connectivity index (χ1n) is 9.84. The molecule has 1 unspecified atom stereocenters. The lowest BCUT2D eigenvalue weighted by atomic mass is 9.59. The lowest BCUT2D eigenvalue weighted by Gasteiger charge is -2.60. The topological polar surface area (TPSA) is 48.0 Å². The van der Waals surface area contributed by atoms with Gasteiger partial charge in [-0.25, -0.2) is 9.78 Å². The summed E-state index contributed by atoms with van der Waals surface area (Å²) in [6.07, 6.45) is 7.72. The average molecular weight is 337 g/mol. The molecular formula is C19H31NO4. The van der Waals surface area contributed by atoms with Gasteiger partial charge in [-0.05, 0) is 44.4 Å². The van der Waals surface area contributed by atoms with Gasteiger partial charge in [-0.3, -0.25) is 4.79 Å². The van der Waals surface area contributed by atoms with Crippen LogP contribution in [0.25, 0.3) is 0 Å². The minimum absolute atomic E-state index is 0.223. The van der Waals surface area contributed by atoms with Crippen molar-refractivity contribution in [3.8, 4) is 0 Å². The van der Waals surface area contributed by atoms with Crippen molar-refractivity contribution >= 4 is 5.91 Å². The van der Waals surface area contributed by atoms with Gasteiger partial charge in [0.15, 0.2) is 11.8 Å². The highest BCUT2D eigenvalue weighted by Crippen LogP contribution is 2.59. The summed E-state index contributed by atoms with van der Waals surface area (Å²) in [7, 11) is 0. The third-order valence-corrected chi connectivity index (χ3v) is 6.92. The van der Waals surface area contributed by atoms with E-state index in [9.17, 15) is 4.79 Å². The number of piperidine rings is 1. The molecule has 0 aromatic carbocycles. The zero-order valence-electron chi connectivity index (χ0n) is 15.3. The zero-order chi connectivity index (χ0) is 16.9. The molecule has 0 radical (unpaired) electrons. The molecule has 5 rings (SSSR count). The van der Waals surface area contributed by atoms with E-state index in [1.807, 2.05) is 11.8 Å². The fraction of sp³-hybridized carbons (Fsp3) is 0.947. The van der Waals surface area contributed by atoms with Crippen molar-refractivity contribution in [2.45, 2.75) is 89.8 Å². The summed E-state index contributed by atoms with van der Waals surface area (Å²) < 4.78 is 6.45. The number of amides is 1. The molecule has 1 saturated carbocycles. The van der Waals surface area contributed by atoms with Gasteiger partial charge in [-0.15, -0.1) is 0 Å². The second-order valence-corrected chi connectivity index (χ2v) is 8.52. The largest absolute Gasteiger partial charge is 0.321 e. The summed E-state index contributed by atoms with van der Waals surface area (Å²) in [5.74, 6) is 0.730. The Balaban J connectivity index is 1.71. The maximum atomic E-state index is 12.9. The van der Waals surface area contributed by atoms with Crippen LogP contribution in [0, 0.1) is 17.8 Å². The first-order valence-corrected chi connectivity index (χ1v) is 9.84. The molecule has 1 aliphatic carbocycles. The Labute approximate surface area is 144 Å². The van der Waals surface area contributed by atoms with Crippen LogP contribution in [-0.4, -0.2) is 35.0 Å². The van der Waals surface area contributed by atoms with E-state index in [0.29, 0.717) is 18.3 Å². The van der Waals surface area contributed by atoms with Crippen molar-refractivity contribution in [3.63, 3.8) is 0 Å². The van der Waals surface area contributed by atoms with E-state index >= 15 is 0 Å². The monoisotopic (exact) mass is 337 g/mol. The molecule has 6 atom stereocenters. The molecule has 0 N–H and O–H groups in total. The summed E-state index contributed by atoms with van der Waals surface area (Å²) >= 11 is 0. The van der Waals surface area contributed by atoms with Gasteiger partial charge in [0.25, 0.3) is 0 Å². The smallest absolute Gasteiger partial charge is 0.225 e. The predicted octanol–water partition coefficient (Wildman–Crippen LogP) is 3.62. The minimum Gasteiger partial charge on any atom is -0.321 e. The van der Waals surface area contributed by atoms with E-state index in [1.165, 1.54) is 6.42 Å². The number of carbonyl (C=O) groups excluding carboxylic acids is 1. The van der Waals surface area contributed by atoms with Crippen molar-refractivity contribution in [1.29, 1.82) is 0 Å². The van der Waals surface area contributed by atoms with Crippen molar-refractivity contribution in [2.75, 3.05) is 6.54 Å². The van der Waals surface area contributed by atoms with E-state index < -0.39 is 11.4 Å². The Bertz CT molecular complexity index is 508. The number of likely N-dealkylation sites (tertiary alicyclic amines) is 1. The maximum Gasteiger partial charge on any atom is 0.225 e. The molecule has 0 aromatic heterocycles. The predicted molar refractivity (Wildman–Crippen MR) is 88.6 cm³/mol. The fourth-order valence-corrected chi connectivity index (χ4v) is 5.53. The summed E-state index contributed by atoms with van der Waals surface area (Å²) in [5.41, 5.74) is -0.464. The van der Waals surface area contributed by atoms with Crippen molar-refractivity contribution in [3.05, 3.63) is 0 Å². The standard InChI is InChI=1S/C19H31NO4/c1-4-5-6-11-20-16(21)12-14-8-7-13(2)15-9-10-18(3)22-17(20)19(14,15)24-23-18/h13-15,17H,4-12H2,1-3H3/t13-,14+,15+,17?,18-,19+/m1/s1. The van der Waals surface area contributed by atoms with Crippen LogP contribution in [0.1, 0.15) is 72.1 Å². The Hall–Kier alpha value is -0.650. The average Bonchev–Trinajstić information content (AvgIpc) is 2.79. The third kappa shape index (κ3) is 2.35. The molecule has 4 heterocycles. The first-order chi connectivity index (χ1) is 11.5. The Morgan fingerprint density at radius 1 is 1.21 bits per heavy atom. The maximum absolute atomic E-state index is 12.9. The fourth-order valence-electron chi connectivity index (χ4n) is 5.53. The quantitative estimate of drug-likeness (QED) is 0.581. The molecular weight excluding hydrogens is 306 g/mol. The molecule has 1 amide bonds. The SMILES string of the molecule is CCCCCN1C(=O)C[C@@H]2CC[C@@H](C)[C@@H]3CC[C@@]4(C)OO[C@@]23C1O4. The number of fused-ring (bicyclic) bond motifs is 2. The summed E-state index contributed by atoms with van der Waals surface area (Å²) in [6, 6.07) is 0. The number of hydrogen-bond donors (Lipinski definition) is 0. The van der Waals surface area contributed by atoms with Gasteiger partial charge in [0, 0.05) is 25.3 Å². The van der Waals surface area contributed by atoms with E-state index in [2.05, 4.69) is 13.8 Å². The van der Waals surface area contributed by atoms with Gasteiger partial charge in [0.1, 0.15) is 0 Å². The molecule has 136 valence electrons. The highest BCUT2D eigenvalue weighted by molar-refractivity contribution is 5.78. The number of ether oxygens (including phenoxy) is 1. The van der Waals surface area contributed by atoms with Crippen LogP contribution >= 0.6 is 0 Å². The molecule has 5 fully saturated rings. The van der Waals surface area contributed by atoms with Gasteiger partial charge >= 0.3 is 0 Å². The molecule has 2 bridgehead atoms. The van der Waals surface area contributed by atoms with E-state index in [-0.39, 0.29) is 18.1 Å². The van der Waals surface area contributed by atoms with Gasteiger partial charge in [0.2, 0.25) is 11.7 Å². The number of hydrogen-bond acceptors (Lipinski definition) is 4. The molecule has 4 aliphatic heterocycles. The number of rotatable bonds is 4. The lowest BCUT2D eigenvalue weighted by Crippen LogP contribution is -2.73. The van der Waals surface area contributed by atoms with Crippen LogP contribution < -0.4 is 0 Å². The van der Waals surface area contributed by atoms with Crippen LogP contribution in [0.15, 0.2) is 0 Å². The summed E-state index contributed by atoms with van der Waals surface area (Å²) in [5, 5.41) is 0. The summed E-state index contributed by atoms with van der Waals surface area (Å²) in [4.78, 5) is 26.8. The van der Waals surface area contributed by atoms with Crippen molar-refractivity contribution in [1.82, 2.24) is 4.90 Å². The van der Waals surface area contributed by atoms with Gasteiger partial charge in [-0.2, -0.15) is 0 Å². The minimum atomic E-state index is -0.724. The highest BCUT2D eigenvalue weighted by Gasteiger charge is 2.68. The van der Waals surface area contributed by atoms with Crippen LogP contribution in [0.3, 0.4) is 0 Å². The van der Waals surface area contributed by atoms with Crippen LogP contribution in [0.2, 0.25) is 0 Å². The van der Waals surface area contributed by atoms with Crippen LogP contribution in [0.5, 0.6) is 0 Å². The molecule has 5 nitrogen and oxygen atoms in total. The zero-order valence-corrected chi connectivity index (χ0v) is 15.3. The Morgan fingerprint density at radius 3 is 2.83 bits per heavy atom. The molecule has 0 aromatic rings. The Morgan fingerprint density at radius 2 is 2.04 bits per heavy atom. The third-order valence-electron chi connectivity index (χ3n) is 6.92. The highest BCUT2D eigenvalue weighted by atomic mass is 17.3. The van der Waals surface area contributed by atoms with Crippen LogP contribution in [0.4, 0.5) is 0 Å². The number of nitrogens with zero attached hydrogens (tertiary/aromatic N) is 1. The summed E-state index contributed by atoms with van der Waals surface area (Å²) in [6.45, 7) is 7.25. The number of unbranched alkanes of at least 4 members (excludes halogenated alkanes) is 2.